The molecule has 1 aromatic carbocycles. The van der Waals surface area contributed by atoms with Gasteiger partial charge in [0.25, 0.3) is 0 Å². The number of hydrogen-bond acceptors (Lipinski definition) is 3. The first-order chi connectivity index (χ1) is 7.69. The topological polar surface area (TPSA) is 46.5 Å². The number of aliphatic hydroxyl groups excluding tert-OH is 1. The number of allylic oxidation sites excluding steroid dienone is 1. The van der Waals surface area contributed by atoms with Gasteiger partial charge in [-0.2, -0.15) is 0 Å². The molecule has 0 atom stereocenters. The van der Waals surface area contributed by atoms with Crippen molar-refractivity contribution in [3.05, 3.63) is 41.0 Å². The van der Waals surface area contributed by atoms with Crippen molar-refractivity contribution in [2.75, 3.05) is 13.2 Å². The number of hydrogen-bond donors (Lipinski definition) is 1. The lowest BCUT2D eigenvalue weighted by Crippen LogP contribution is -2.10. The van der Waals surface area contributed by atoms with Crippen molar-refractivity contribution in [3.63, 3.8) is 0 Å². The number of carbonyl (C=O) groups excluding carboxylic acids is 1. The third kappa shape index (κ3) is 3.21. The molecule has 0 spiro atoms. The van der Waals surface area contributed by atoms with E-state index in [2.05, 4.69) is 0 Å². The van der Waals surface area contributed by atoms with Crippen LogP contribution in [0.3, 0.4) is 0 Å². The van der Waals surface area contributed by atoms with E-state index in [1.807, 2.05) is 38.1 Å². The average molecular weight is 220 g/mol. The van der Waals surface area contributed by atoms with Gasteiger partial charge in [-0.05, 0) is 25.5 Å². The molecule has 1 N–H and O–H groups in total. The lowest BCUT2D eigenvalue weighted by molar-refractivity contribution is 0.0433. The van der Waals surface area contributed by atoms with Crippen LogP contribution >= 0.6 is 0 Å². The van der Waals surface area contributed by atoms with E-state index in [-0.39, 0.29) is 13.2 Å². The summed E-state index contributed by atoms with van der Waals surface area (Å²) in [7, 11) is 0. The largest absolute Gasteiger partial charge is 0.460 e. The fraction of sp³-hybridized carbons (Fsp3) is 0.308. The average Bonchev–Trinajstić information content (AvgIpc) is 2.26. The van der Waals surface area contributed by atoms with Crippen LogP contribution in [0.25, 0.3) is 6.08 Å². The van der Waals surface area contributed by atoms with Crippen LogP contribution in [0.5, 0.6) is 0 Å². The SMILES string of the molecule is CC=Cc1cc(C)ccc1C(=O)OCCO. The van der Waals surface area contributed by atoms with E-state index in [4.69, 9.17) is 9.84 Å². The molecule has 0 radical (unpaired) electrons. The quantitative estimate of drug-likeness (QED) is 0.791. The maximum Gasteiger partial charge on any atom is 0.338 e. The highest BCUT2D eigenvalue weighted by Gasteiger charge is 2.10. The minimum absolute atomic E-state index is 0.0298. The Kier molecular flexibility index (Phi) is 4.73. The molecule has 0 saturated carbocycles. The Hall–Kier alpha value is -1.61. The van der Waals surface area contributed by atoms with Gasteiger partial charge in [-0.15, -0.1) is 0 Å². The fourth-order valence-electron chi connectivity index (χ4n) is 1.40. The van der Waals surface area contributed by atoms with Crippen molar-refractivity contribution >= 4 is 12.0 Å². The molecule has 3 heteroatoms. The molecule has 86 valence electrons. The molecule has 16 heavy (non-hydrogen) atoms. The van der Waals surface area contributed by atoms with Crippen LogP contribution in [0, 0.1) is 6.92 Å². The summed E-state index contributed by atoms with van der Waals surface area (Å²) in [5.74, 6) is -0.401. The van der Waals surface area contributed by atoms with E-state index in [1.54, 1.807) is 6.07 Å². The molecule has 0 aliphatic heterocycles. The van der Waals surface area contributed by atoms with Crippen LogP contribution in [0.4, 0.5) is 0 Å². The summed E-state index contributed by atoms with van der Waals surface area (Å²) in [6.45, 7) is 3.74. The van der Waals surface area contributed by atoms with Crippen LogP contribution in [0.15, 0.2) is 24.3 Å². The molecular weight excluding hydrogens is 204 g/mol. The normalized spacial score (nSPS) is 10.7. The number of benzene rings is 1. The Bertz CT molecular complexity index is 394. The first-order valence-corrected chi connectivity index (χ1v) is 5.20. The van der Waals surface area contributed by atoms with E-state index in [0.29, 0.717) is 5.56 Å². The number of rotatable bonds is 4. The van der Waals surface area contributed by atoms with Crippen LogP contribution in [-0.2, 0) is 4.74 Å². The van der Waals surface area contributed by atoms with Gasteiger partial charge in [-0.25, -0.2) is 4.79 Å². The minimum Gasteiger partial charge on any atom is -0.460 e. The first kappa shape index (κ1) is 12.5. The van der Waals surface area contributed by atoms with Gasteiger partial charge in [0.2, 0.25) is 0 Å². The van der Waals surface area contributed by atoms with Gasteiger partial charge >= 0.3 is 5.97 Å². The van der Waals surface area contributed by atoms with Crippen molar-refractivity contribution < 1.29 is 14.6 Å². The fourth-order valence-corrected chi connectivity index (χ4v) is 1.40. The van der Waals surface area contributed by atoms with Gasteiger partial charge in [0.05, 0.1) is 12.2 Å². The van der Waals surface area contributed by atoms with E-state index in [0.717, 1.165) is 11.1 Å². The Labute approximate surface area is 95.4 Å². The van der Waals surface area contributed by atoms with Gasteiger partial charge in [0.1, 0.15) is 6.61 Å². The predicted molar refractivity (Wildman–Crippen MR) is 63.3 cm³/mol. The van der Waals surface area contributed by atoms with Gasteiger partial charge in [-0.1, -0.05) is 29.8 Å². The Balaban J connectivity index is 2.98. The van der Waals surface area contributed by atoms with Crippen molar-refractivity contribution in [2.24, 2.45) is 0 Å². The highest BCUT2D eigenvalue weighted by Crippen LogP contribution is 2.14. The summed E-state index contributed by atoms with van der Waals surface area (Å²) < 4.78 is 4.88. The Morgan fingerprint density at radius 3 is 2.88 bits per heavy atom. The number of esters is 1. The van der Waals surface area contributed by atoms with E-state index in [1.165, 1.54) is 0 Å². The van der Waals surface area contributed by atoms with Crippen molar-refractivity contribution in [1.29, 1.82) is 0 Å². The summed E-state index contributed by atoms with van der Waals surface area (Å²) >= 11 is 0. The van der Waals surface area contributed by atoms with Crippen molar-refractivity contribution in [2.45, 2.75) is 13.8 Å². The summed E-state index contributed by atoms with van der Waals surface area (Å²) in [5, 5.41) is 8.59. The smallest absolute Gasteiger partial charge is 0.338 e. The standard InChI is InChI=1S/C13H16O3/c1-3-4-11-9-10(2)5-6-12(11)13(15)16-8-7-14/h3-6,9,14H,7-8H2,1-2H3. The summed E-state index contributed by atoms with van der Waals surface area (Å²) in [6, 6.07) is 5.53. The van der Waals surface area contributed by atoms with Crippen molar-refractivity contribution in [1.82, 2.24) is 0 Å². The minimum atomic E-state index is -0.401. The van der Waals surface area contributed by atoms with Gasteiger partial charge in [0.15, 0.2) is 0 Å². The number of carbonyl (C=O) groups is 1. The molecule has 0 fully saturated rings. The molecule has 0 bridgehead atoms. The molecule has 0 amide bonds. The predicted octanol–water partition coefficient (Wildman–Crippen LogP) is 2.18. The van der Waals surface area contributed by atoms with E-state index < -0.39 is 5.97 Å². The highest BCUT2D eigenvalue weighted by molar-refractivity contribution is 5.93. The van der Waals surface area contributed by atoms with Gasteiger partial charge in [0, 0.05) is 0 Å². The zero-order chi connectivity index (χ0) is 12.0. The molecular formula is C13H16O3. The number of aliphatic hydroxyl groups is 1. The maximum absolute atomic E-state index is 11.6. The number of aryl methyl sites for hydroxylation is 1. The van der Waals surface area contributed by atoms with E-state index >= 15 is 0 Å². The molecule has 0 aliphatic rings. The summed E-state index contributed by atoms with van der Waals surface area (Å²) in [6.07, 6.45) is 3.74. The van der Waals surface area contributed by atoms with Crippen LogP contribution < -0.4 is 0 Å². The van der Waals surface area contributed by atoms with Crippen LogP contribution in [0.2, 0.25) is 0 Å². The summed E-state index contributed by atoms with van der Waals surface area (Å²) in [5.41, 5.74) is 2.45. The van der Waals surface area contributed by atoms with Crippen molar-refractivity contribution in [3.8, 4) is 0 Å². The third-order valence-electron chi connectivity index (χ3n) is 2.10. The van der Waals surface area contributed by atoms with Crippen LogP contribution in [-0.4, -0.2) is 24.3 Å². The summed E-state index contributed by atoms with van der Waals surface area (Å²) in [4.78, 5) is 11.6. The molecule has 0 unspecified atom stereocenters. The monoisotopic (exact) mass is 220 g/mol. The second kappa shape index (κ2) is 6.08. The van der Waals surface area contributed by atoms with Gasteiger partial charge < -0.3 is 9.84 Å². The lowest BCUT2D eigenvalue weighted by Gasteiger charge is -2.07. The first-order valence-electron chi connectivity index (χ1n) is 5.20. The molecule has 0 aromatic heterocycles. The Morgan fingerprint density at radius 2 is 2.25 bits per heavy atom. The van der Waals surface area contributed by atoms with Crippen LogP contribution in [0.1, 0.15) is 28.4 Å². The molecule has 1 aromatic rings. The highest BCUT2D eigenvalue weighted by atomic mass is 16.5. The molecule has 3 nitrogen and oxygen atoms in total. The Morgan fingerprint density at radius 1 is 1.50 bits per heavy atom. The zero-order valence-corrected chi connectivity index (χ0v) is 9.56. The van der Waals surface area contributed by atoms with Gasteiger partial charge in [-0.3, -0.25) is 0 Å². The maximum atomic E-state index is 11.6. The third-order valence-corrected chi connectivity index (χ3v) is 2.10. The number of ether oxygens (including phenoxy) is 1. The molecule has 0 heterocycles. The van der Waals surface area contributed by atoms with E-state index in [9.17, 15) is 4.79 Å². The molecule has 0 saturated heterocycles. The lowest BCUT2D eigenvalue weighted by atomic mass is 10.0. The molecule has 1 rings (SSSR count). The molecule has 0 aliphatic carbocycles. The zero-order valence-electron chi connectivity index (χ0n) is 9.56. The second-order valence-corrected chi connectivity index (χ2v) is 3.45. The second-order valence-electron chi connectivity index (χ2n) is 3.45.